The van der Waals surface area contributed by atoms with Crippen LogP contribution in [0.15, 0.2) is 24.3 Å². The van der Waals surface area contributed by atoms with Gasteiger partial charge in [0.25, 0.3) is 0 Å². The number of rotatable bonds is 2. The summed E-state index contributed by atoms with van der Waals surface area (Å²) in [6.07, 6.45) is 4.95. The first-order valence-electron chi connectivity index (χ1n) is 6.67. The molecule has 20 heavy (non-hydrogen) atoms. The highest BCUT2D eigenvalue weighted by molar-refractivity contribution is 6.42. The van der Waals surface area contributed by atoms with Gasteiger partial charge in [0.1, 0.15) is 0 Å². The molecule has 0 spiro atoms. The van der Waals surface area contributed by atoms with Crippen molar-refractivity contribution in [3.63, 3.8) is 0 Å². The van der Waals surface area contributed by atoms with Gasteiger partial charge in [-0.15, -0.1) is 0 Å². The Morgan fingerprint density at radius 2 is 2.20 bits per heavy atom. The molecule has 1 aromatic carbocycles. The molecule has 0 aliphatic carbocycles. The van der Waals surface area contributed by atoms with Gasteiger partial charge in [0.05, 0.1) is 10.0 Å². The number of hydrogen-bond donors (Lipinski definition) is 1. The number of piperidine rings is 1. The van der Waals surface area contributed by atoms with Gasteiger partial charge in [0.15, 0.2) is 0 Å². The average Bonchev–Trinajstić information content (AvgIpc) is 2.40. The average molecular weight is 313 g/mol. The molecular formula is C15H18Cl2N2O. The number of nitrogens with zero attached hydrogens (tertiary/aromatic N) is 1. The van der Waals surface area contributed by atoms with Crippen molar-refractivity contribution in [2.24, 2.45) is 5.73 Å². The van der Waals surface area contributed by atoms with E-state index < -0.39 is 0 Å². The van der Waals surface area contributed by atoms with Gasteiger partial charge in [0, 0.05) is 24.7 Å². The minimum absolute atomic E-state index is 0.0135. The van der Waals surface area contributed by atoms with Crippen LogP contribution in [0.4, 0.5) is 0 Å². The normalized spacial score (nSPS) is 23.3. The smallest absolute Gasteiger partial charge is 0.246 e. The fraction of sp³-hybridized carbons (Fsp3) is 0.400. The van der Waals surface area contributed by atoms with Gasteiger partial charge in [-0.05, 0) is 37.5 Å². The van der Waals surface area contributed by atoms with Crippen molar-refractivity contribution < 1.29 is 4.79 Å². The summed E-state index contributed by atoms with van der Waals surface area (Å²) in [5.74, 6) is -0.0135. The van der Waals surface area contributed by atoms with Crippen LogP contribution in [-0.2, 0) is 4.79 Å². The van der Waals surface area contributed by atoms with Crippen LogP contribution in [0.1, 0.15) is 25.3 Å². The Balaban J connectivity index is 2.07. The Bertz CT molecular complexity index is 531. The molecule has 1 fully saturated rings. The second-order valence-electron chi connectivity index (χ2n) is 5.14. The van der Waals surface area contributed by atoms with Crippen molar-refractivity contribution in [2.75, 3.05) is 6.54 Å². The number of carbonyl (C=O) groups excluding carboxylic acids is 1. The standard InChI is InChI=1S/C15H18Cl2N2O/c1-10-9-12(18)7-8-19(10)14(20)6-5-11-3-2-4-13(16)15(11)17/h2-6,10,12H,7-9,18H2,1H3. The molecule has 1 aliphatic heterocycles. The van der Waals surface area contributed by atoms with E-state index in [4.69, 9.17) is 28.9 Å². The third-order valence-electron chi connectivity index (χ3n) is 3.59. The Morgan fingerprint density at radius 3 is 2.90 bits per heavy atom. The predicted molar refractivity (Wildman–Crippen MR) is 83.9 cm³/mol. The zero-order chi connectivity index (χ0) is 14.7. The van der Waals surface area contributed by atoms with Crippen molar-refractivity contribution in [3.05, 3.63) is 39.9 Å². The Kier molecular flexibility index (Phi) is 5.08. The first-order valence-corrected chi connectivity index (χ1v) is 7.43. The molecular weight excluding hydrogens is 295 g/mol. The Hall–Kier alpha value is -1.03. The number of carbonyl (C=O) groups is 1. The summed E-state index contributed by atoms with van der Waals surface area (Å²) in [5.41, 5.74) is 6.65. The van der Waals surface area contributed by atoms with Crippen LogP contribution in [0.25, 0.3) is 6.08 Å². The van der Waals surface area contributed by atoms with Crippen LogP contribution in [0.2, 0.25) is 10.0 Å². The third kappa shape index (κ3) is 3.54. The van der Waals surface area contributed by atoms with Crippen LogP contribution < -0.4 is 5.73 Å². The first-order chi connectivity index (χ1) is 9.49. The molecule has 0 bridgehead atoms. The molecule has 2 atom stereocenters. The summed E-state index contributed by atoms with van der Waals surface area (Å²) in [6.45, 7) is 2.73. The molecule has 0 radical (unpaired) electrons. The topological polar surface area (TPSA) is 46.3 Å². The summed E-state index contributed by atoms with van der Waals surface area (Å²) < 4.78 is 0. The second kappa shape index (κ2) is 6.61. The van der Waals surface area contributed by atoms with Crippen molar-refractivity contribution in [2.45, 2.75) is 31.8 Å². The van der Waals surface area contributed by atoms with E-state index in [1.54, 1.807) is 24.3 Å². The fourth-order valence-corrected chi connectivity index (χ4v) is 2.81. The molecule has 2 unspecified atom stereocenters. The largest absolute Gasteiger partial charge is 0.336 e. The highest BCUT2D eigenvalue weighted by Crippen LogP contribution is 2.26. The van der Waals surface area contributed by atoms with Crippen LogP contribution >= 0.6 is 23.2 Å². The molecule has 2 N–H and O–H groups in total. The second-order valence-corrected chi connectivity index (χ2v) is 5.93. The van der Waals surface area contributed by atoms with Gasteiger partial charge in [-0.3, -0.25) is 4.79 Å². The van der Waals surface area contributed by atoms with Crippen LogP contribution in [0, 0.1) is 0 Å². The lowest BCUT2D eigenvalue weighted by atomic mass is 9.99. The number of hydrogen-bond acceptors (Lipinski definition) is 2. The Morgan fingerprint density at radius 1 is 1.45 bits per heavy atom. The van der Waals surface area contributed by atoms with E-state index in [1.165, 1.54) is 0 Å². The summed E-state index contributed by atoms with van der Waals surface area (Å²) >= 11 is 12.0. The SMILES string of the molecule is CC1CC(N)CCN1C(=O)C=Cc1cccc(Cl)c1Cl. The number of nitrogens with two attached hydrogens (primary N) is 1. The monoisotopic (exact) mass is 312 g/mol. The van der Waals surface area contributed by atoms with Gasteiger partial charge >= 0.3 is 0 Å². The van der Waals surface area contributed by atoms with Gasteiger partial charge in [0.2, 0.25) is 5.91 Å². The summed E-state index contributed by atoms with van der Waals surface area (Å²) in [5, 5.41) is 0.950. The number of likely N-dealkylation sites (tertiary alicyclic amines) is 1. The van der Waals surface area contributed by atoms with E-state index in [9.17, 15) is 4.79 Å². The molecule has 0 saturated carbocycles. The Labute approximate surface area is 129 Å². The van der Waals surface area contributed by atoms with E-state index in [0.29, 0.717) is 16.6 Å². The number of halogens is 2. The minimum atomic E-state index is -0.0135. The lowest BCUT2D eigenvalue weighted by Crippen LogP contribution is -2.47. The van der Waals surface area contributed by atoms with Crippen molar-refractivity contribution in [3.8, 4) is 0 Å². The van der Waals surface area contributed by atoms with E-state index in [-0.39, 0.29) is 18.0 Å². The molecule has 3 nitrogen and oxygen atoms in total. The van der Waals surface area contributed by atoms with Crippen molar-refractivity contribution in [1.82, 2.24) is 4.90 Å². The molecule has 1 aliphatic rings. The quantitative estimate of drug-likeness (QED) is 0.851. The molecule has 5 heteroatoms. The zero-order valence-electron chi connectivity index (χ0n) is 11.4. The molecule has 1 saturated heterocycles. The molecule has 1 heterocycles. The minimum Gasteiger partial charge on any atom is -0.336 e. The van der Waals surface area contributed by atoms with E-state index >= 15 is 0 Å². The van der Waals surface area contributed by atoms with Gasteiger partial charge in [-0.2, -0.15) is 0 Å². The van der Waals surface area contributed by atoms with Gasteiger partial charge < -0.3 is 10.6 Å². The zero-order valence-corrected chi connectivity index (χ0v) is 12.9. The first kappa shape index (κ1) is 15.4. The summed E-state index contributed by atoms with van der Waals surface area (Å²) in [6, 6.07) is 5.72. The summed E-state index contributed by atoms with van der Waals surface area (Å²) in [4.78, 5) is 14.1. The van der Waals surface area contributed by atoms with Crippen LogP contribution in [-0.4, -0.2) is 29.4 Å². The number of benzene rings is 1. The number of amides is 1. The van der Waals surface area contributed by atoms with E-state index in [1.807, 2.05) is 17.9 Å². The van der Waals surface area contributed by atoms with E-state index in [0.717, 1.165) is 18.4 Å². The van der Waals surface area contributed by atoms with Gasteiger partial charge in [-0.25, -0.2) is 0 Å². The van der Waals surface area contributed by atoms with Crippen LogP contribution in [0.5, 0.6) is 0 Å². The fourth-order valence-electron chi connectivity index (χ4n) is 2.44. The van der Waals surface area contributed by atoms with Crippen LogP contribution in [0.3, 0.4) is 0 Å². The third-order valence-corrected chi connectivity index (χ3v) is 4.42. The molecule has 2 rings (SSSR count). The molecule has 1 amide bonds. The maximum Gasteiger partial charge on any atom is 0.246 e. The summed E-state index contributed by atoms with van der Waals surface area (Å²) in [7, 11) is 0. The maximum atomic E-state index is 12.2. The lowest BCUT2D eigenvalue weighted by molar-refractivity contribution is -0.129. The van der Waals surface area contributed by atoms with Gasteiger partial charge in [-0.1, -0.05) is 35.3 Å². The highest BCUT2D eigenvalue weighted by atomic mass is 35.5. The van der Waals surface area contributed by atoms with Crippen molar-refractivity contribution >= 4 is 35.2 Å². The molecule has 1 aromatic rings. The van der Waals surface area contributed by atoms with E-state index in [2.05, 4.69) is 0 Å². The van der Waals surface area contributed by atoms with Crippen molar-refractivity contribution in [1.29, 1.82) is 0 Å². The highest BCUT2D eigenvalue weighted by Gasteiger charge is 2.25. The predicted octanol–water partition coefficient (Wildman–Crippen LogP) is 3.34. The lowest BCUT2D eigenvalue weighted by Gasteiger charge is -2.35. The molecule has 0 aromatic heterocycles. The molecule has 108 valence electrons. The maximum absolute atomic E-state index is 12.2.